The van der Waals surface area contributed by atoms with Crippen LogP contribution in [-0.2, 0) is 19.6 Å². The van der Waals surface area contributed by atoms with E-state index in [2.05, 4.69) is 10.6 Å². The standard InChI is InChI=1S/C21H25ClN4O4S/c1-25(15-21(28)24-19-7-3-2-6-18(19)22)14-20(27)23-16-8-10-17(11-9-16)31(29,30)26-12-4-5-13-26/h2-3,6-11H,4-5,12-15H2,1H3,(H,23,27)(H,24,28). The van der Waals surface area contributed by atoms with Gasteiger partial charge in [0.15, 0.2) is 0 Å². The van der Waals surface area contributed by atoms with Gasteiger partial charge in [-0.3, -0.25) is 14.5 Å². The van der Waals surface area contributed by atoms with Gasteiger partial charge in [0, 0.05) is 18.8 Å². The van der Waals surface area contributed by atoms with Crippen molar-refractivity contribution in [3.63, 3.8) is 0 Å². The van der Waals surface area contributed by atoms with Crippen LogP contribution in [0.1, 0.15) is 12.8 Å². The summed E-state index contributed by atoms with van der Waals surface area (Å²) in [5.74, 6) is -0.608. The predicted molar refractivity (Wildman–Crippen MR) is 121 cm³/mol. The van der Waals surface area contributed by atoms with Gasteiger partial charge in [0.25, 0.3) is 0 Å². The van der Waals surface area contributed by atoms with Gasteiger partial charge in [-0.05, 0) is 56.3 Å². The smallest absolute Gasteiger partial charge is 0.243 e. The van der Waals surface area contributed by atoms with E-state index in [0.717, 1.165) is 12.8 Å². The Balaban J connectivity index is 1.49. The number of halogens is 1. The summed E-state index contributed by atoms with van der Waals surface area (Å²) in [7, 11) is -1.84. The zero-order chi connectivity index (χ0) is 22.4. The first-order valence-corrected chi connectivity index (χ1v) is 11.7. The van der Waals surface area contributed by atoms with Crippen LogP contribution in [0.4, 0.5) is 11.4 Å². The number of sulfonamides is 1. The van der Waals surface area contributed by atoms with Crippen molar-refractivity contribution >= 4 is 44.8 Å². The quantitative estimate of drug-likeness (QED) is 0.625. The molecule has 0 unspecified atom stereocenters. The lowest BCUT2D eigenvalue weighted by Gasteiger charge is -2.17. The first kappa shape index (κ1) is 23.2. The van der Waals surface area contributed by atoms with Crippen molar-refractivity contribution in [1.29, 1.82) is 0 Å². The fourth-order valence-electron chi connectivity index (χ4n) is 3.29. The maximum absolute atomic E-state index is 12.6. The molecule has 1 aliphatic heterocycles. The molecule has 0 aliphatic carbocycles. The third-order valence-electron chi connectivity index (χ3n) is 4.82. The Labute approximate surface area is 187 Å². The number of rotatable bonds is 8. The minimum absolute atomic E-state index is 0.00561. The second-order valence-electron chi connectivity index (χ2n) is 7.38. The van der Waals surface area contributed by atoms with Crippen LogP contribution in [0.15, 0.2) is 53.4 Å². The van der Waals surface area contributed by atoms with Crippen LogP contribution in [0.3, 0.4) is 0 Å². The van der Waals surface area contributed by atoms with Crippen LogP contribution in [0, 0.1) is 0 Å². The van der Waals surface area contributed by atoms with Crippen molar-refractivity contribution in [3.05, 3.63) is 53.6 Å². The Kier molecular flexibility index (Phi) is 7.66. The van der Waals surface area contributed by atoms with E-state index >= 15 is 0 Å². The van der Waals surface area contributed by atoms with Crippen LogP contribution in [-0.4, -0.2) is 62.7 Å². The number of carbonyl (C=O) groups excluding carboxylic acids is 2. The lowest BCUT2D eigenvalue weighted by atomic mass is 10.3. The number of likely N-dealkylation sites (N-methyl/N-ethyl adjacent to an activating group) is 1. The molecule has 0 saturated carbocycles. The van der Waals surface area contributed by atoms with Crippen molar-refractivity contribution in [2.75, 3.05) is 43.9 Å². The maximum atomic E-state index is 12.6. The number of hydrogen-bond donors (Lipinski definition) is 2. The van der Waals surface area contributed by atoms with Crippen molar-refractivity contribution in [2.45, 2.75) is 17.7 Å². The second kappa shape index (κ2) is 10.2. The third-order valence-corrected chi connectivity index (χ3v) is 7.06. The molecular formula is C21H25ClN4O4S. The average Bonchev–Trinajstić information content (AvgIpc) is 3.25. The van der Waals surface area contributed by atoms with Gasteiger partial charge in [-0.1, -0.05) is 23.7 Å². The minimum Gasteiger partial charge on any atom is -0.325 e. The fourth-order valence-corrected chi connectivity index (χ4v) is 4.99. The number of anilines is 2. The number of amides is 2. The normalized spacial score (nSPS) is 14.5. The molecule has 0 bridgehead atoms. The number of hydrogen-bond acceptors (Lipinski definition) is 5. The van der Waals surface area contributed by atoms with Crippen molar-refractivity contribution in [1.82, 2.24) is 9.21 Å². The summed E-state index contributed by atoms with van der Waals surface area (Å²) < 4.78 is 26.6. The van der Waals surface area contributed by atoms with Gasteiger partial charge in [-0.15, -0.1) is 0 Å². The highest BCUT2D eigenvalue weighted by Gasteiger charge is 2.27. The molecule has 0 spiro atoms. The summed E-state index contributed by atoms with van der Waals surface area (Å²) in [6, 6.07) is 13.0. The van der Waals surface area contributed by atoms with Crippen LogP contribution in [0.25, 0.3) is 0 Å². The minimum atomic E-state index is -3.49. The molecule has 0 atom stereocenters. The van der Waals surface area contributed by atoms with E-state index in [4.69, 9.17) is 11.6 Å². The van der Waals surface area contributed by atoms with E-state index in [1.54, 1.807) is 48.3 Å². The van der Waals surface area contributed by atoms with Crippen LogP contribution in [0.2, 0.25) is 5.02 Å². The molecule has 1 saturated heterocycles. The van der Waals surface area contributed by atoms with Crippen LogP contribution < -0.4 is 10.6 Å². The maximum Gasteiger partial charge on any atom is 0.243 e. The highest BCUT2D eigenvalue weighted by Crippen LogP contribution is 2.22. The van der Waals surface area contributed by atoms with Gasteiger partial charge in [-0.2, -0.15) is 4.31 Å². The first-order valence-electron chi connectivity index (χ1n) is 9.89. The topological polar surface area (TPSA) is 98.8 Å². The zero-order valence-electron chi connectivity index (χ0n) is 17.2. The monoisotopic (exact) mass is 464 g/mol. The van der Waals surface area contributed by atoms with E-state index in [-0.39, 0.29) is 29.8 Å². The van der Waals surface area contributed by atoms with Gasteiger partial charge in [0.2, 0.25) is 21.8 Å². The zero-order valence-corrected chi connectivity index (χ0v) is 18.7. The van der Waals surface area contributed by atoms with E-state index in [0.29, 0.717) is 29.5 Å². The van der Waals surface area contributed by atoms with Gasteiger partial charge >= 0.3 is 0 Å². The molecule has 0 radical (unpaired) electrons. The lowest BCUT2D eigenvalue weighted by molar-refractivity contribution is -0.119. The van der Waals surface area contributed by atoms with E-state index in [1.165, 1.54) is 16.4 Å². The summed E-state index contributed by atoms with van der Waals surface area (Å²) in [4.78, 5) is 26.2. The molecule has 10 heteroatoms. The Hall–Kier alpha value is -2.46. The lowest BCUT2D eigenvalue weighted by Crippen LogP contribution is -2.36. The molecule has 1 aliphatic rings. The third kappa shape index (κ3) is 6.27. The highest BCUT2D eigenvalue weighted by atomic mass is 35.5. The molecule has 1 fully saturated rings. The van der Waals surface area contributed by atoms with Crippen molar-refractivity contribution in [3.8, 4) is 0 Å². The number of para-hydroxylation sites is 1. The fraction of sp³-hybridized carbons (Fsp3) is 0.333. The molecule has 0 aromatic heterocycles. The Morgan fingerprint density at radius 3 is 2.16 bits per heavy atom. The van der Waals surface area contributed by atoms with Gasteiger partial charge < -0.3 is 10.6 Å². The summed E-state index contributed by atoms with van der Waals surface area (Å²) in [5, 5.41) is 5.85. The molecular weight excluding hydrogens is 440 g/mol. The first-order chi connectivity index (χ1) is 14.8. The summed E-state index contributed by atoms with van der Waals surface area (Å²) >= 11 is 6.02. The molecule has 2 aromatic rings. The van der Waals surface area contributed by atoms with Gasteiger partial charge in [-0.25, -0.2) is 8.42 Å². The molecule has 8 nitrogen and oxygen atoms in total. The van der Waals surface area contributed by atoms with Crippen LogP contribution in [0.5, 0.6) is 0 Å². The predicted octanol–water partition coefficient (Wildman–Crippen LogP) is 2.63. The summed E-state index contributed by atoms with van der Waals surface area (Å²) in [5.41, 5.74) is 0.996. The number of nitrogens with zero attached hydrogens (tertiary/aromatic N) is 2. The second-order valence-corrected chi connectivity index (χ2v) is 9.73. The Morgan fingerprint density at radius 1 is 0.968 bits per heavy atom. The van der Waals surface area contributed by atoms with E-state index in [1.807, 2.05) is 0 Å². The van der Waals surface area contributed by atoms with Gasteiger partial charge in [0.1, 0.15) is 0 Å². The highest BCUT2D eigenvalue weighted by molar-refractivity contribution is 7.89. The largest absolute Gasteiger partial charge is 0.325 e. The number of nitrogens with one attached hydrogen (secondary N) is 2. The average molecular weight is 465 g/mol. The summed E-state index contributed by atoms with van der Waals surface area (Å²) in [6.45, 7) is 1.07. The van der Waals surface area contributed by atoms with Crippen molar-refractivity contribution < 1.29 is 18.0 Å². The van der Waals surface area contributed by atoms with Crippen LogP contribution >= 0.6 is 11.6 Å². The molecule has 1 heterocycles. The summed E-state index contributed by atoms with van der Waals surface area (Å²) in [6.07, 6.45) is 1.74. The van der Waals surface area contributed by atoms with E-state index < -0.39 is 10.0 Å². The number of benzene rings is 2. The Bertz CT molecular complexity index is 1040. The molecule has 2 amide bonds. The van der Waals surface area contributed by atoms with E-state index in [9.17, 15) is 18.0 Å². The Morgan fingerprint density at radius 2 is 1.55 bits per heavy atom. The molecule has 3 rings (SSSR count). The van der Waals surface area contributed by atoms with Gasteiger partial charge in [0.05, 0.1) is 28.7 Å². The van der Waals surface area contributed by atoms with Crippen molar-refractivity contribution in [2.24, 2.45) is 0 Å². The number of carbonyl (C=O) groups is 2. The molecule has 166 valence electrons. The molecule has 2 N–H and O–H groups in total. The molecule has 31 heavy (non-hydrogen) atoms. The molecule has 2 aromatic carbocycles. The SMILES string of the molecule is CN(CC(=O)Nc1ccc(S(=O)(=O)N2CCCC2)cc1)CC(=O)Nc1ccccc1Cl.